The fourth-order valence-electron chi connectivity index (χ4n) is 0. The smallest absolute Gasteiger partial charge is 0.356 e. The first kappa shape index (κ1) is 22.5. The van der Waals surface area contributed by atoms with Gasteiger partial charge in [0, 0.05) is 22.4 Å². The number of hydrogen-bond acceptors (Lipinski definition) is 6. The van der Waals surface area contributed by atoms with Gasteiger partial charge in [-0.05, 0) is 0 Å². The Bertz CT molecular complexity index is 73.7. The Labute approximate surface area is 90.1 Å². The van der Waals surface area contributed by atoms with Gasteiger partial charge in [0.1, 0.15) is 0 Å². The molecule has 0 spiro atoms. The zero-order valence-corrected chi connectivity index (χ0v) is 10.2. The molecule has 0 bridgehead atoms. The molecule has 8 nitrogen and oxygen atoms in total. The molecule has 0 heterocycles. The van der Waals surface area contributed by atoms with Crippen LogP contribution >= 0.6 is 0 Å². The van der Waals surface area contributed by atoms with Crippen molar-refractivity contribution < 1.29 is 32.6 Å². The topological polar surface area (TPSA) is 132 Å². The van der Waals surface area contributed by atoms with Crippen LogP contribution < -0.4 is 0 Å². The fraction of sp³-hybridized carbons (Fsp3) is 0. The van der Waals surface area contributed by atoms with Crippen LogP contribution in [-0.4, -0.2) is 37.5 Å². The largest absolute Gasteiger partial charge is 1.00 e. The second kappa shape index (κ2) is 16.0. The summed E-state index contributed by atoms with van der Waals surface area (Å²) in [4.78, 5) is 16.5. The molecule has 0 saturated carbocycles. The van der Waals surface area contributed by atoms with Crippen LogP contribution in [0.2, 0.25) is 0 Å². The zero-order valence-electron chi connectivity index (χ0n) is 4.22. The van der Waals surface area contributed by atoms with Crippen molar-refractivity contribution in [3.8, 4) is 0 Å². The zero-order chi connectivity index (χ0) is 7.15. The minimum atomic E-state index is -1.75. The van der Waals surface area contributed by atoms with E-state index in [4.69, 9.17) is 30.6 Å². The van der Waals surface area contributed by atoms with Crippen LogP contribution in [-0.2, 0) is 22.4 Å². The van der Waals surface area contributed by atoms with Gasteiger partial charge in [0.05, 0.1) is 10.2 Å². The van der Waals surface area contributed by atoms with E-state index in [-0.39, 0.29) is 49.7 Å². The average Bonchev–Trinajstić information content (AvgIpc) is 1.25. The molecule has 0 amide bonds. The minimum Gasteiger partial charge on any atom is -0.356 e. The summed E-state index contributed by atoms with van der Waals surface area (Å²) in [7, 11) is 0. The van der Waals surface area contributed by atoms with Crippen molar-refractivity contribution >= 4 is 27.3 Å². The van der Waals surface area contributed by atoms with Crippen LogP contribution in [0.4, 0.5) is 0 Å². The van der Waals surface area contributed by atoms with Crippen LogP contribution in [0.3, 0.4) is 0 Å². The van der Waals surface area contributed by atoms with Crippen LogP contribution in [0.25, 0.3) is 0 Å². The van der Waals surface area contributed by atoms with E-state index in [0.717, 1.165) is 0 Å². The third-order valence-electron chi connectivity index (χ3n) is 0. The second-order valence-corrected chi connectivity index (χ2v) is 0.447. The van der Waals surface area contributed by atoms with Gasteiger partial charge in [-0.25, -0.2) is 0 Å². The second-order valence-electron chi connectivity index (χ2n) is 0.447. The molecule has 0 aliphatic carbocycles. The quantitative estimate of drug-likeness (QED) is 0.276. The molecule has 0 atom stereocenters. The average molecular weight is 436 g/mol. The van der Waals surface area contributed by atoms with E-state index in [1.165, 1.54) is 0 Å². The molecule has 0 aromatic carbocycles. The summed E-state index contributed by atoms with van der Waals surface area (Å²) in [5.74, 6) is 0. The first-order valence-electron chi connectivity index (χ1n) is 1.10. The van der Waals surface area contributed by atoms with Crippen molar-refractivity contribution in [1.82, 2.24) is 0 Å². The normalized spacial score (nSPS) is 4.80. The van der Waals surface area contributed by atoms with E-state index in [0.29, 0.717) is 0 Å². The summed E-state index contributed by atoms with van der Waals surface area (Å²) in [5, 5.41) is 29.5. The Balaban J connectivity index is -0.0000000300. The van der Waals surface area contributed by atoms with E-state index in [1.807, 2.05) is 0 Å². The minimum absolute atomic E-state index is 0. The Morgan fingerprint density at radius 2 is 0.800 bits per heavy atom. The van der Waals surface area contributed by atoms with Gasteiger partial charge in [-0.3, -0.25) is 0 Å². The van der Waals surface area contributed by atoms with Gasteiger partial charge in [-0.2, -0.15) is 0 Å². The molecular weight excluding hydrogens is 436 g/mol. The molecule has 0 aliphatic rings. The SMILES string of the molecule is O=[N+]([O-])[O-].O=[N+]([O-])[O-].[Ag].[Tl+]. The summed E-state index contributed by atoms with van der Waals surface area (Å²) in [6, 6.07) is 0. The molecule has 0 aliphatic heterocycles. The van der Waals surface area contributed by atoms with Gasteiger partial charge >= 0.3 is 27.3 Å². The molecule has 0 aromatic heterocycles. The van der Waals surface area contributed by atoms with Gasteiger partial charge in [0.2, 0.25) is 0 Å². The molecule has 61 valence electrons. The van der Waals surface area contributed by atoms with Crippen molar-refractivity contribution in [2.45, 2.75) is 0 Å². The summed E-state index contributed by atoms with van der Waals surface area (Å²) in [6.07, 6.45) is 0. The van der Waals surface area contributed by atoms with Crippen molar-refractivity contribution in [3.63, 3.8) is 0 Å². The predicted molar refractivity (Wildman–Crippen MR) is 26.5 cm³/mol. The molecule has 0 rings (SSSR count). The third kappa shape index (κ3) is 103000. The van der Waals surface area contributed by atoms with Crippen molar-refractivity contribution in [2.75, 3.05) is 0 Å². The van der Waals surface area contributed by atoms with Crippen molar-refractivity contribution in [2.24, 2.45) is 0 Å². The Morgan fingerprint density at radius 1 is 0.800 bits per heavy atom. The maximum Gasteiger partial charge on any atom is 1.00 e. The van der Waals surface area contributed by atoms with Crippen molar-refractivity contribution in [3.05, 3.63) is 30.6 Å². The van der Waals surface area contributed by atoms with Gasteiger partial charge in [-0.15, -0.1) is 0 Å². The summed E-state index contributed by atoms with van der Waals surface area (Å²) < 4.78 is 0. The van der Waals surface area contributed by atoms with Crippen LogP contribution in [0.5, 0.6) is 0 Å². The number of hydrogen-bond donors (Lipinski definition) is 0. The molecule has 0 saturated heterocycles. The molecule has 1 radical (unpaired) electrons. The monoisotopic (exact) mass is 436 g/mol. The molecule has 10 heteroatoms. The maximum atomic E-state index is 8.25. The van der Waals surface area contributed by atoms with Gasteiger partial charge in [0.25, 0.3) is 0 Å². The first-order chi connectivity index (χ1) is 3.46. The van der Waals surface area contributed by atoms with Crippen LogP contribution in [0.15, 0.2) is 0 Å². The molecule has 0 unspecified atom stereocenters. The Morgan fingerprint density at radius 3 is 0.800 bits per heavy atom. The molecular formula is AgN2O6Tl-. The Kier molecular flexibility index (Phi) is 36.0. The fourth-order valence-corrected chi connectivity index (χ4v) is 0. The van der Waals surface area contributed by atoms with E-state index < -0.39 is 10.2 Å². The van der Waals surface area contributed by atoms with Crippen LogP contribution in [0, 0.1) is 30.6 Å². The predicted octanol–water partition coefficient (Wildman–Crippen LogP) is -0.862. The van der Waals surface area contributed by atoms with Crippen molar-refractivity contribution in [1.29, 1.82) is 0 Å². The molecule has 0 N–H and O–H groups in total. The van der Waals surface area contributed by atoms with Crippen LogP contribution in [0.1, 0.15) is 0 Å². The van der Waals surface area contributed by atoms with E-state index in [1.54, 1.807) is 0 Å². The summed E-state index contributed by atoms with van der Waals surface area (Å²) >= 11 is 0. The first-order valence-corrected chi connectivity index (χ1v) is 1.10. The maximum absolute atomic E-state index is 8.25. The number of rotatable bonds is 0. The van der Waals surface area contributed by atoms with E-state index in [9.17, 15) is 0 Å². The third-order valence-corrected chi connectivity index (χ3v) is 0. The summed E-state index contributed by atoms with van der Waals surface area (Å²) in [6.45, 7) is 0. The number of nitrogens with zero attached hydrogens (tertiary/aromatic N) is 2. The standard InChI is InChI=1S/Ag.2NO3.Tl/c;2*2-1(3)4;/q;2*-1;+1. The van der Waals surface area contributed by atoms with Gasteiger partial charge in [0.15, 0.2) is 0 Å². The van der Waals surface area contributed by atoms with E-state index >= 15 is 0 Å². The molecule has 10 heavy (non-hydrogen) atoms. The van der Waals surface area contributed by atoms with Gasteiger partial charge < -0.3 is 30.6 Å². The summed E-state index contributed by atoms with van der Waals surface area (Å²) in [5.41, 5.74) is 0. The Hall–Kier alpha value is 0.0623. The molecule has 0 fully saturated rings. The molecule has 0 aromatic rings. The van der Waals surface area contributed by atoms with Gasteiger partial charge in [-0.1, -0.05) is 0 Å². The van der Waals surface area contributed by atoms with E-state index in [2.05, 4.69) is 0 Å².